The van der Waals surface area contributed by atoms with Gasteiger partial charge in [0.15, 0.2) is 0 Å². The van der Waals surface area contributed by atoms with E-state index in [1.54, 1.807) is 0 Å². The van der Waals surface area contributed by atoms with E-state index in [4.69, 9.17) is 5.10 Å². The Labute approximate surface area is 150 Å². The van der Waals surface area contributed by atoms with Crippen LogP contribution in [0.25, 0.3) is 12.3 Å². The fourth-order valence-corrected chi connectivity index (χ4v) is 3.26. The molecule has 0 aliphatic heterocycles. The molecule has 136 valence electrons. The second-order valence-electron chi connectivity index (χ2n) is 6.82. The first-order valence-corrected chi connectivity index (χ1v) is 10.1. The van der Waals surface area contributed by atoms with E-state index in [1.165, 1.54) is 75.6 Å². The van der Waals surface area contributed by atoms with Crippen LogP contribution in [-0.2, 0) is 0 Å². The summed E-state index contributed by atoms with van der Waals surface area (Å²) in [6.07, 6.45) is 21.7. The number of hydrogen-bond donors (Lipinski definition) is 0. The van der Waals surface area contributed by atoms with Crippen molar-refractivity contribution in [3.63, 3.8) is 0 Å². The maximum Gasteiger partial charge on any atom is 0.0666 e. The summed E-state index contributed by atoms with van der Waals surface area (Å²) in [7, 11) is 0. The third-order valence-corrected chi connectivity index (χ3v) is 4.64. The fraction of sp³-hybridized carbons (Fsp3) is 0.682. The van der Waals surface area contributed by atoms with Gasteiger partial charge in [0.2, 0.25) is 0 Å². The summed E-state index contributed by atoms with van der Waals surface area (Å²) in [6.45, 7) is 8.68. The Morgan fingerprint density at radius 3 is 2.04 bits per heavy atom. The molecule has 0 atom stereocenters. The molecule has 0 aliphatic rings. The maximum absolute atomic E-state index is 4.90. The van der Waals surface area contributed by atoms with Gasteiger partial charge in [-0.05, 0) is 38.8 Å². The molecule has 24 heavy (non-hydrogen) atoms. The van der Waals surface area contributed by atoms with E-state index in [-0.39, 0.29) is 0 Å². The molecule has 0 spiro atoms. The summed E-state index contributed by atoms with van der Waals surface area (Å²) < 4.78 is 2.03. The highest BCUT2D eigenvalue weighted by Crippen LogP contribution is 2.29. The molecule has 0 radical (unpaired) electrons. The molecule has 0 saturated carbocycles. The van der Waals surface area contributed by atoms with Crippen LogP contribution in [-0.4, -0.2) is 9.78 Å². The van der Waals surface area contributed by atoms with Crippen LogP contribution in [0.5, 0.6) is 0 Å². The van der Waals surface area contributed by atoms with Gasteiger partial charge < -0.3 is 0 Å². The molecule has 2 heteroatoms. The Balaban J connectivity index is 2.80. The molecule has 1 aromatic rings. The van der Waals surface area contributed by atoms with Crippen LogP contribution < -0.4 is 0 Å². The molecule has 0 aliphatic carbocycles. The molecule has 0 bridgehead atoms. The van der Waals surface area contributed by atoms with Crippen molar-refractivity contribution in [2.75, 3.05) is 0 Å². The fourth-order valence-electron chi connectivity index (χ4n) is 3.26. The minimum Gasteiger partial charge on any atom is -0.241 e. The minimum atomic E-state index is 0.620. The number of nitrogens with zero attached hydrogens (tertiary/aromatic N) is 2. The number of hydrogen-bond acceptors (Lipinski definition) is 1. The summed E-state index contributed by atoms with van der Waals surface area (Å²) in [5.41, 5.74) is 2.48. The van der Waals surface area contributed by atoms with E-state index in [0.717, 1.165) is 0 Å². The van der Waals surface area contributed by atoms with E-state index in [2.05, 4.69) is 51.3 Å². The zero-order valence-electron chi connectivity index (χ0n) is 16.4. The van der Waals surface area contributed by atoms with Crippen molar-refractivity contribution >= 4 is 12.3 Å². The van der Waals surface area contributed by atoms with Crippen molar-refractivity contribution in [2.45, 2.75) is 97.8 Å². The quantitative estimate of drug-likeness (QED) is 0.344. The molecule has 0 unspecified atom stereocenters. The van der Waals surface area contributed by atoms with Gasteiger partial charge in [-0.15, -0.1) is 0 Å². The highest BCUT2D eigenvalue weighted by Gasteiger charge is 2.16. The molecule has 0 amide bonds. The summed E-state index contributed by atoms with van der Waals surface area (Å²) >= 11 is 0. The summed E-state index contributed by atoms with van der Waals surface area (Å²) in [4.78, 5) is 0. The monoisotopic (exact) mass is 330 g/mol. The van der Waals surface area contributed by atoms with Crippen LogP contribution in [0.2, 0.25) is 0 Å². The lowest BCUT2D eigenvalue weighted by molar-refractivity contribution is 0.487. The second kappa shape index (κ2) is 13.0. The smallest absolute Gasteiger partial charge is 0.0666 e. The summed E-state index contributed by atoms with van der Waals surface area (Å²) in [5.74, 6) is 0.620. The van der Waals surface area contributed by atoms with Gasteiger partial charge in [-0.3, -0.25) is 0 Å². The predicted molar refractivity (Wildman–Crippen MR) is 108 cm³/mol. The number of unbranched alkanes of at least 4 members (excludes halogenated alkanes) is 6. The Morgan fingerprint density at radius 2 is 1.54 bits per heavy atom. The molecule has 0 N–H and O–H groups in total. The Hall–Kier alpha value is -1.31. The van der Waals surface area contributed by atoms with E-state index < -0.39 is 0 Å². The molecule has 1 aromatic heterocycles. The topological polar surface area (TPSA) is 17.8 Å². The zero-order valence-corrected chi connectivity index (χ0v) is 16.4. The average Bonchev–Trinajstić information content (AvgIpc) is 2.97. The third kappa shape index (κ3) is 7.51. The van der Waals surface area contributed by atoms with Crippen LogP contribution in [0, 0.1) is 0 Å². The highest BCUT2D eigenvalue weighted by molar-refractivity contribution is 5.49. The summed E-state index contributed by atoms with van der Waals surface area (Å²) in [6, 6.07) is 2.30. The van der Waals surface area contributed by atoms with Crippen LogP contribution in [0.1, 0.15) is 109 Å². The molecule has 1 rings (SSSR count). The largest absolute Gasteiger partial charge is 0.241 e. The van der Waals surface area contributed by atoms with E-state index in [1.807, 2.05) is 11.6 Å². The van der Waals surface area contributed by atoms with Gasteiger partial charge in [0.25, 0.3) is 0 Å². The van der Waals surface area contributed by atoms with Gasteiger partial charge in [0, 0.05) is 12.1 Å². The summed E-state index contributed by atoms with van der Waals surface area (Å²) in [5, 5.41) is 4.90. The van der Waals surface area contributed by atoms with Crippen molar-refractivity contribution in [1.29, 1.82) is 0 Å². The SMILES string of the molecule is C/C=C\c1cc(C(CCCCCC)CCCCCC)nn1/C=C\C. The van der Waals surface area contributed by atoms with E-state index in [0.29, 0.717) is 5.92 Å². The molecule has 0 aromatic carbocycles. The first-order chi connectivity index (χ1) is 11.8. The number of allylic oxidation sites excluding steroid dienone is 2. The van der Waals surface area contributed by atoms with E-state index >= 15 is 0 Å². The van der Waals surface area contributed by atoms with Gasteiger partial charge in [0.05, 0.1) is 11.4 Å². The minimum absolute atomic E-state index is 0.620. The lowest BCUT2D eigenvalue weighted by Crippen LogP contribution is -2.02. The van der Waals surface area contributed by atoms with Gasteiger partial charge in [-0.2, -0.15) is 5.10 Å². The third-order valence-electron chi connectivity index (χ3n) is 4.64. The van der Waals surface area contributed by atoms with Gasteiger partial charge >= 0.3 is 0 Å². The second-order valence-corrected chi connectivity index (χ2v) is 6.82. The van der Waals surface area contributed by atoms with Crippen molar-refractivity contribution in [3.05, 3.63) is 29.6 Å². The van der Waals surface area contributed by atoms with Crippen molar-refractivity contribution < 1.29 is 0 Å². The molecule has 0 fully saturated rings. The van der Waals surface area contributed by atoms with Crippen LogP contribution >= 0.6 is 0 Å². The van der Waals surface area contributed by atoms with Crippen LogP contribution in [0.4, 0.5) is 0 Å². The lowest BCUT2D eigenvalue weighted by atomic mass is 9.91. The van der Waals surface area contributed by atoms with E-state index in [9.17, 15) is 0 Å². The van der Waals surface area contributed by atoms with Crippen LogP contribution in [0.3, 0.4) is 0 Å². The first-order valence-electron chi connectivity index (χ1n) is 10.1. The first kappa shape index (κ1) is 20.7. The van der Waals surface area contributed by atoms with Gasteiger partial charge in [-0.25, -0.2) is 4.68 Å². The van der Waals surface area contributed by atoms with Crippen molar-refractivity contribution in [2.24, 2.45) is 0 Å². The molecule has 2 nitrogen and oxygen atoms in total. The normalized spacial score (nSPS) is 12.2. The molecular weight excluding hydrogens is 292 g/mol. The van der Waals surface area contributed by atoms with Gasteiger partial charge in [0.1, 0.15) is 0 Å². The van der Waals surface area contributed by atoms with Gasteiger partial charge in [-0.1, -0.05) is 77.4 Å². The lowest BCUT2D eigenvalue weighted by Gasteiger charge is -2.14. The highest BCUT2D eigenvalue weighted by atomic mass is 15.3. The van der Waals surface area contributed by atoms with Crippen molar-refractivity contribution in [1.82, 2.24) is 9.78 Å². The maximum atomic E-state index is 4.90. The Kier molecular flexibility index (Phi) is 11.3. The van der Waals surface area contributed by atoms with Crippen molar-refractivity contribution in [3.8, 4) is 0 Å². The number of rotatable bonds is 13. The Bertz CT molecular complexity index is 441. The standard InChI is InChI=1S/C22H38N2/c1-5-9-11-13-16-20(17-14-12-10-6-2)22-19-21(15-7-3)24(23-22)18-8-4/h7-8,15,18-20H,5-6,9-14,16-17H2,1-4H3/b15-7-,18-8-. The predicted octanol–water partition coefficient (Wildman–Crippen LogP) is 7.43. The molecular formula is C22H38N2. The average molecular weight is 331 g/mol. The molecule has 1 heterocycles. The molecule has 0 saturated heterocycles. The zero-order chi connectivity index (χ0) is 17.6. The number of aromatic nitrogens is 2. The Morgan fingerprint density at radius 1 is 0.917 bits per heavy atom. The van der Waals surface area contributed by atoms with Crippen LogP contribution in [0.15, 0.2) is 18.2 Å².